The molecule has 0 radical (unpaired) electrons. The molecule has 0 aromatic carbocycles. The summed E-state index contributed by atoms with van der Waals surface area (Å²) in [6.45, 7) is 0.951. The summed E-state index contributed by atoms with van der Waals surface area (Å²) in [6, 6.07) is 0. The molecule has 1 aromatic rings. The van der Waals surface area contributed by atoms with Crippen LogP contribution in [-0.2, 0) is 20.8 Å². The molecule has 1 aromatic heterocycles. The van der Waals surface area contributed by atoms with Gasteiger partial charge < -0.3 is 14.8 Å². The molecule has 106 valence electrons. The zero-order valence-corrected chi connectivity index (χ0v) is 11.6. The van der Waals surface area contributed by atoms with Crippen molar-refractivity contribution >= 4 is 23.3 Å². The molecular formula is C11H16ClN3O4. The highest BCUT2D eigenvalue weighted by molar-refractivity contribution is 6.32. The molecule has 0 fully saturated rings. The Labute approximate surface area is 115 Å². The van der Waals surface area contributed by atoms with Crippen LogP contribution in [0.25, 0.3) is 0 Å². The van der Waals surface area contributed by atoms with Crippen LogP contribution in [0.15, 0.2) is 11.0 Å². The van der Waals surface area contributed by atoms with E-state index in [1.165, 1.54) is 13.3 Å². The van der Waals surface area contributed by atoms with Crippen LogP contribution in [-0.4, -0.2) is 43.1 Å². The van der Waals surface area contributed by atoms with Crippen molar-refractivity contribution in [3.63, 3.8) is 0 Å². The lowest BCUT2D eigenvalue weighted by Gasteiger charge is -2.09. The molecular weight excluding hydrogens is 274 g/mol. The molecule has 0 aliphatic rings. The first-order valence-corrected chi connectivity index (χ1v) is 6.03. The van der Waals surface area contributed by atoms with E-state index in [0.29, 0.717) is 18.8 Å². The van der Waals surface area contributed by atoms with E-state index < -0.39 is 11.5 Å². The lowest BCUT2D eigenvalue weighted by Crippen LogP contribution is -2.28. The van der Waals surface area contributed by atoms with Gasteiger partial charge in [-0.15, -0.1) is 0 Å². The van der Waals surface area contributed by atoms with Crippen LogP contribution in [0.5, 0.6) is 0 Å². The van der Waals surface area contributed by atoms with Gasteiger partial charge in [-0.1, -0.05) is 11.6 Å². The summed E-state index contributed by atoms with van der Waals surface area (Å²) >= 11 is 5.92. The van der Waals surface area contributed by atoms with Gasteiger partial charge in [-0.05, 0) is 6.42 Å². The lowest BCUT2D eigenvalue weighted by atomic mass is 10.4. The van der Waals surface area contributed by atoms with E-state index in [1.807, 2.05) is 0 Å². The van der Waals surface area contributed by atoms with Gasteiger partial charge >= 0.3 is 5.97 Å². The third-order valence-electron chi connectivity index (χ3n) is 2.33. The number of halogens is 1. The van der Waals surface area contributed by atoms with Gasteiger partial charge in [-0.3, -0.25) is 9.59 Å². The number of nitrogens with zero attached hydrogens (tertiary/aromatic N) is 2. The van der Waals surface area contributed by atoms with Crippen LogP contribution in [0.2, 0.25) is 5.02 Å². The number of hydrogen-bond donors (Lipinski definition) is 1. The van der Waals surface area contributed by atoms with E-state index in [1.54, 1.807) is 7.11 Å². The van der Waals surface area contributed by atoms with Crippen LogP contribution in [0.3, 0.4) is 0 Å². The Morgan fingerprint density at radius 3 is 2.89 bits per heavy atom. The quantitative estimate of drug-likeness (QED) is 0.582. The van der Waals surface area contributed by atoms with Gasteiger partial charge in [0.2, 0.25) is 0 Å². The Morgan fingerprint density at radius 2 is 2.26 bits per heavy atom. The monoisotopic (exact) mass is 289 g/mol. The molecule has 1 heterocycles. The maximum Gasteiger partial charge on any atom is 0.327 e. The van der Waals surface area contributed by atoms with Crippen molar-refractivity contribution in [2.75, 3.05) is 32.7 Å². The number of ether oxygens (including phenoxy) is 2. The van der Waals surface area contributed by atoms with Crippen molar-refractivity contribution in [1.29, 1.82) is 0 Å². The Kier molecular flexibility index (Phi) is 6.31. The second kappa shape index (κ2) is 7.75. The van der Waals surface area contributed by atoms with E-state index in [4.69, 9.17) is 16.3 Å². The number of rotatable bonds is 7. The smallest absolute Gasteiger partial charge is 0.327 e. The van der Waals surface area contributed by atoms with Gasteiger partial charge in [0.1, 0.15) is 11.6 Å². The Bertz CT molecular complexity index is 489. The zero-order valence-electron chi connectivity index (χ0n) is 10.8. The van der Waals surface area contributed by atoms with E-state index in [2.05, 4.69) is 15.2 Å². The molecule has 0 saturated heterocycles. The summed E-state index contributed by atoms with van der Waals surface area (Å²) in [4.78, 5) is 22.9. The fourth-order valence-electron chi connectivity index (χ4n) is 1.33. The van der Waals surface area contributed by atoms with E-state index in [0.717, 1.165) is 11.1 Å². The molecule has 7 nitrogen and oxygen atoms in total. The number of carbonyl (C=O) groups excluding carboxylic acids is 1. The largest absolute Gasteiger partial charge is 0.468 e. The standard InChI is InChI=1S/C11H16ClN3O4/c1-18-5-3-4-13-8-6-14-15(7-9(16)19-2)11(17)10(8)12/h6,13H,3-5,7H2,1-2H3. The van der Waals surface area contributed by atoms with Crippen LogP contribution in [0.4, 0.5) is 5.69 Å². The van der Waals surface area contributed by atoms with Crippen LogP contribution in [0.1, 0.15) is 6.42 Å². The van der Waals surface area contributed by atoms with Crippen molar-refractivity contribution < 1.29 is 14.3 Å². The highest BCUT2D eigenvalue weighted by Crippen LogP contribution is 2.14. The van der Waals surface area contributed by atoms with Gasteiger partial charge in [0.15, 0.2) is 0 Å². The van der Waals surface area contributed by atoms with Crippen molar-refractivity contribution in [1.82, 2.24) is 9.78 Å². The highest BCUT2D eigenvalue weighted by Gasteiger charge is 2.11. The summed E-state index contributed by atoms with van der Waals surface area (Å²) in [5.74, 6) is -0.563. The summed E-state index contributed by atoms with van der Waals surface area (Å²) < 4.78 is 10.3. The fourth-order valence-corrected chi connectivity index (χ4v) is 1.54. The van der Waals surface area contributed by atoms with Crippen LogP contribution >= 0.6 is 11.6 Å². The highest BCUT2D eigenvalue weighted by atomic mass is 35.5. The van der Waals surface area contributed by atoms with Crippen LogP contribution in [0, 0.1) is 0 Å². The minimum Gasteiger partial charge on any atom is -0.468 e. The Morgan fingerprint density at radius 1 is 1.53 bits per heavy atom. The molecule has 0 bridgehead atoms. The number of esters is 1. The van der Waals surface area contributed by atoms with Crippen LogP contribution < -0.4 is 10.9 Å². The van der Waals surface area contributed by atoms with Gasteiger partial charge in [0.25, 0.3) is 5.56 Å². The number of nitrogens with one attached hydrogen (secondary N) is 1. The number of hydrogen-bond acceptors (Lipinski definition) is 6. The first-order valence-electron chi connectivity index (χ1n) is 5.65. The maximum atomic E-state index is 11.8. The van der Waals surface area contributed by atoms with E-state index in [-0.39, 0.29) is 11.6 Å². The van der Waals surface area contributed by atoms with Crippen molar-refractivity contribution in [2.45, 2.75) is 13.0 Å². The van der Waals surface area contributed by atoms with Crippen molar-refractivity contribution in [3.05, 3.63) is 21.6 Å². The van der Waals surface area contributed by atoms with Gasteiger partial charge in [-0.2, -0.15) is 5.10 Å². The second-order valence-electron chi connectivity index (χ2n) is 3.68. The first kappa shape index (κ1) is 15.5. The second-order valence-corrected chi connectivity index (χ2v) is 4.06. The molecule has 0 saturated carbocycles. The molecule has 0 atom stereocenters. The SMILES string of the molecule is COCCCNc1cnn(CC(=O)OC)c(=O)c1Cl. The summed E-state index contributed by atoms with van der Waals surface area (Å²) in [5, 5.41) is 6.83. The minimum atomic E-state index is -0.563. The van der Waals surface area contributed by atoms with E-state index >= 15 is 0 Å². The third kappa shape index (κ3) is 4.53. The molecule has 19 heavy (non-hydrogen) atoms. The lowest BCUT2D eigenvalue weighted by molar-refractivity contribution is -0.141. The molecule has 0 spiro atoms. The van der Waals surface area contributed by atoms with Gasteiger partial charge in [0, 0.05) is 20.3 Å². The number of aromatic nitrogens is 2. The molecule has 0 aliphatic carbocycles. The van der Waals surface area contributed by atoms with Crippen molar-refractivity contribution in [3.8, 4) is 0 Å². The van der Waals surface area contributed by atoms with E-state index in [9.17, 15) is 9.59 Å². The predicted molar refractivity (Wildman–Crippen MR) is 70.5 cm³/mol. The maximum absolute atomic E-state index is 11.8. The van der Waals surface area contributed by atoms with Gasteiger partial charge in [0.05, 0.1) is 19.0 Å². The molecule has 0 unspecified atom stereocenters. The number of methoxy groups -OCH3 is 2. The Balaban J connectivity index is 2.74. The van der Waals surface area contributed by atoms with Gasteiger partial charge in [-0.25, -0.2) is 4.68 Å². The molecule has 8 heteroatoms. The molecule has 0 aliphatic heterocycles. The fraction of sp³-hybridized carbons (Fsp3) is 0.545. The number of anilines is 1. The molecule has 1 rings (SSSR count). The minimum absolute atomic E-state index is 0.00341. The summed E-state index contributed by atoms with van der Waals surface area (Å²) in [7, 11) is 2.85. The molecule has 1 N–H and O–H groups in total. The zero-order chi connectivity index (χ0) is 14.3. The molecule has 0 amide bonds. The Hall–Kier alpha value is -1.60. The summed E-state index contributed by atoms with van der Waals surface area (Å²) in [6.07, 6.45) is 2.18. The van der Waals surface area contributed by atoms with Crippen molar-refractivity contribution in [2.24, 2.45) is 0 Å². The third-order valence-corrected chi connectivity index (χ3v) is 2.70. The normalized spacial score (nSPS) is 10.3. The average molecular weight is 290 g/mol. The average Bonchev–Trinajstić information content (AvgIpc) is 2.42. The predicted octanol–water partition coefficient (Wildman–Crippen LogP) is 0.518. The summed E-state index contributed by atoms with van der Waals surface area (Å²) in [5.41, 5.74) is -0.104. The first-order chi connectivity index (χ1) is 9.10. The number of carbonyl (C=O) groups is 1. The topological polar surface area (TPSA) is 82.4 Å².